The van der Waals surface area contributed by atoms with E-state index in [0.29, 0.717) is 47.8 Å². The quantitative estimate of drug-likeness (QED) is 0.388. The fraction of sp³-hybridized carbons (Fsp3) is 0.480. The molecule has 0 saturated heterocycles. The molecular weight excluding hydrogens is 506 g/mol. The standard InChI is InChI=1S/C25H28F6N2O4/c1-6-32-14(2)7-19(18-11-21(35-3)22(36-4)12-20(18)32)33(23(34)37-5)13-15-8-16(24(26,27)28)10-17(9-15)25(29,30)31/h8-12,14,19H,6-7,13H2,1-5H3/t14-,19+/m0/s1. The SMILES string of the molecule is CCN1c2cc(OC)c(OC)cc2[C@H](N(Cc2cc(C(F)(F)F)cc(C(F)(F)F)c2)C(=O)OC)C[C@@H]1C. The van der Waals surface area contributed by atoms with Crippen molar-refractivity contribution in [2.24, 2.45) is 0 Å². The summed E-state index contributed by atoms with van der Waals surface area (Å²) in [6.07, 6.45) is -10.6. The molecule has 1 heterocycles. The molecule has 0 unspecified atom stereocenters. The second-order valence-corrected chi connectivity index (χ2v) is 8.66. The lowest BCUT2D eigenvalue weighted by atomic mass is 9.89. The molecule has 1 aliphatic heterocycles. The van der Waals surface area contributed by atoms with Crippen LogP contribution in [-0.2, 0) is 23.6 Å². The third-order valence-corrected chi connectivity index (χ3v) is 6.42. The first-order valence-electron chi connectivity index (χ1n) is 11.4. The molecule has 37 heavy (non-hydrogen) atoms. The molecule has 0 radical (unpaired) electrons. The number of hydrogen-bond acceptors (Lipinski definition) is 5. The van der Waals surface area contributed by atoms with E-state index in [4.69, 9.17) is 14.2 Å². The second kappa shape index (κ2) is 10.6. The Morgan fingerprint density at radius 2 is 1.49 bits per heavy atom. The van der Waals surface area contributed by atoms with Gasteiger partial charge in [0.1, 0.15) is 0 Å². The molecule has 12 heteroatoms. The van der Waals surface area contributed by atoms with Crippen LogP contribution >= 0.6 is 0 Å². The molecule has 1 aliphatic rings. The number of amides is 1. The number of fused-ring (bicyclic) bond motifs is 1. The number of anilines is 1. The van der Waals surface area contributed by atoms with Crippen molar-refractivity contribution >= 4 is 11.8 Å². The van der Waals surface area contributed by atoms with E-state index < -0.39 is 42.2 Å². The van der Waals surface area contributed by atoms with Crippen molar-refractivity contribution in [2.45, 2.75) is 51.2 Å². The Bertz CT molecular complexity index is 1100. The first-order chi connectivity index (χ1) is 17.2. The topological polar surface area (TPSA) is 51.2 Å². The van der Waals surface area contributed by atoms with Crippen LogP contribution in [0, 0.1) is 0 Å². The van der Waals surface area contributed by atoms with E-state index in [-0.39, 0.29) is 17.7 Å². The third kappa shape index (κ3) is 5.83. The number of carbonyl (C=O) groups excluding carboxylic acids is 1. The van der Waals surface area contributed by atoms with E-state index in [1.54, 1.807) is 12.1 Å². The molecular formula is C25H28F6N2O4. The zero-order chi connectivity index (χ0) is 27.7. The fourth-order valence-corrected chi connectivity index (χ4v) is 4.72. The van der Waals surface area contributed by atoms with E-state index in [2.05, 4.69) is 4.90 Å². The summed E-state index contributed by atoms with van der Waals surface area (Å²) >= 11 is 0. The predicted molar refractivity (Wildman–Crippen MR) is 124 cm³/mol. The summed E-state index contributed by atoms with van der Waals surface area (Å²) in [5.41, 5.74) is -1.93. The van der Waals surface area contributed by atoms with Gasteiger partial charge < -0.3 is 19.1 Å². The Kier molecular flexibility index (Phi) is 8.09. The van der Waals surface area contributed by atoms with E-state index in [1.165, 1.54) is 14.2 Å². The fourth-order valence-electron chi connectivity index (χ4n) is 4.72. The number of carbonyl (C=O) groups is 1. The lowest BCUT2D eigenvalue weighted by molar-refractivity contribution is -0.143. The van der Waals surface area contributed by atoms with Gasteiger partial charge in [-0.2, -0.15) is 26.3 Å². The Hall–Kier alpha value is -3.31. The minimum atomic E-state index is -5.01. The summed E-state index contributed by atoms with van der Waals surface area (Å²) < 4.78 is 96.3. The maximum absolute atomic E-state index is 13.4. The lowest BCUT2D eigenvalue weighted by Gasteiger charge is -2.44. The molecule has 204 valence electrons. The summed E-state index contributed by atoms with van der Waals surface area (Å²) in [6.45, 7) is 3.92. The molecule has 0 aliphatic carbocycles. The first kappa shape index (κ1) is 28.3. The second-order valence-electron chi connectivity index (χ2n) is 8.66. The molecule has 2 aromatic rings. The van der Waals surface area contributed by atoms with Crippen molar-refractivity contribution in [3.63, 3.8) is 0 Å². The average molecular weight is 534 g/mol. The number of halogens is 6. The highest BCUT2D eigenvalue weighted by Gasteiger charge is 2.39. The van der Waals surface area contributed by atoms with Gasteiger partial charge >= 0.3 is 18.4 Å². The van der Waals surface area contributed by atoms with Gasteiger partial charge in [0.2, 0.25) is 0 Å². The van der Waals surface area contributed by atoms with Crippen LogP contribution < -0.4 is 14.4 Å². The normalized spacial score (nSPS) is 17.8. The molecule has 0 fully saturated rings. The smallest absolute Gasteiger partial charge is 0.416 e. The Morgan fingerprint density at radius 1 is 0.946 bits per heavy atom. The number of nitrogens with zero attached hydrogens (tertiary/aromatic N) is 2. The third-order valence-electron chi connectivity index (χ3n) is 6.42. The van der Waals surface area contributed by atoms with Crippen LogP contribution in [0.25, 0.3) is 0 Å². The van der Waals surface area contributed by atoms with Crippen LogP contribution in [-0.4, -0.2) is 44.9 Å². The van der Waals surface area contributed by atoms with Crippen LogP contribution in [0.15, 0.2) is 30.3 Å². The van der Waals surface area contributed by atoms with E-state index in [9.17, 15) is 31.1 Å². The van der Waals surface area contributed by atoms with Crippen molar-refractivity contribution in [1.82, 2.24) is 4.90 Å². The van der Waals surface area contributed by atoms with Crippen LogP contribution in [0.3, 0.4) is 0 Å². The first-order valence-corrected chi connectivity index (χ1v) is 11.4. The molecule has 0 aromatic heterocycles. The maximum Gasteiger partial charge on any atom is 0.416 e. The highest BCUT2D eigenvalue weighted by molar-refractivity contribution is 5.71. The van der Waals surface area contributed by atoms with Gasteiger partial charge in [0, 0.05) is 36.4 Å². The molecule has 2 atom stereocenters. The molecule has 0 N–H and O–H groups in total. The van der Waals surface area contributed by atoms with Gasteiger partial charge in [0.15, 0.2) is 11.5 Å². The van der Waals surface area contributed by atoms with Gasteiger partial charge in [-0.05, 0) is 50.1 Å². The number of methoxy groups -OCH3 is 3. The van der Waals surface area contributed by atoms with Crippen molar-refractivity contribution in [2.75, 3.05) is 32.8 Å². The molecule has 0 saturated carbocycles. The van der Waals surface area contributed by atoms with E-state index >= 15 is 0 Å². The predicted octanol–water partition coefficient (Wildman–Crippen LogP) is 6.67. The molecule has 0 bridgehead atoms. The van der Waals surface area contributed by atoms with Gasteiger partial charge in [-0.3, -0.25) is 4.90 Å². The molecule has 2 aromatic carbocycles. The van der Waals surface area contributed by atoms with Crippen LogP contribution in [0.5, 0.6) is 11.5 Å². The van der Waals surface area contributed by atoms with E-state index in [1.807, 2.05) is 13.8 Å². The summed E-state index contributed by atoms with van der Waals surface area (Å²) in [7, 11) is 4.00. The highest BCUT2D eigenvalue weighted by Crippen LogP contribution is 2.46. The summed E-state index contributed by atoms with van der Waals surface area (Å²) in [5, 5.41) is 0. The van der Waals surface area contributed by atoms with Crippen LogP contribution in [0.1, 0.15) is 48.6 Å². The van der Waals surface area contributed by atoms with Crippen molar-refractivity contribution in [3.05, 3.63) is 52.6 Å². The summed E-state index contributed by atoms with van der Waals surface area (Å²) in [4.78, 5) is 16.1. The van der Waals surface area contributed by atoms with Gasteiger partial charge in [0.05, 0.1) is 38.5 Å². The van der Waals surface area contributed by atoms with E-state index in [0.717, 1.165) is 12.0 Å². The Morgan fingerprint density at radius 3 is 1.95 bits per heavy atom. The number of ether oxygens (including phenoxy) is 3. The molecule has 0 spiro atoms. The monoisotopic (exact) mass is 534 g/mol. The van der Waals surface area contributed by atoms with Crippen LogP contribution in [0.2, 0.25) is 0 Å². The molecule has 1 amide bonds. The minimum absolute atomic E-state index is 0.0558. The molecule has 6 nitrogen and oxygen atoms in total. The number of hydrogen-bond donors (Lipinski definition) is 0. The largest absolute Gasteiger partial charge is 0.493 e. The number of alkyl halides is 6. The van der Waals surface area contributed by atoms with Gasteiger partial charge in [0.25, 0.3) is 0 Å². The number of rotatable bonds is 6. The zero-order valence-corrected chi connectivity index (χ0v) is 21.0. The van der Waals surface area contributed by atoms with Crippen molar-refractivity contribution in [3.8, 4) is 11.5 Å². The van der Waals surface area contributed by atoms with Crippen LogP contribution in [0.4, 0.5) is 36.8 Å². The zero-order valence-electron chi connectivity index (χ0n) is 21.0. The lowest BCUT2D eigenvalue weighted by Crippen LogP contribution is -2.45. The van der Waals surface area contributed by atoms with Gasteiger partial charge in [-0.1, -0.05) is 0 Å². The average Bonchev–Trinajstić information content (AvgIpc) is 2.84. The maximum atomic E-state index is 13.4. The van der Waals surface area contributed by atoms with Crippen molar-refractivity contribution < 1.29 is 45.3 Å². The van der Waals surface area contributed by atoms with Gasteiger partial charge in [-0.15, -0.1) is 0 Å². The summed E-state index contributed by atoms with van der Waals surface area (Å²) in [6, 6.07) is 3.83. The highest BCUT2D eigenvalue weighted by atomic mass is 19.4. The summed E-state index contributed by atoms with van der Waals surface area (Å²) in [5.74, 6) is 0.796. The Balaban J connectivity index is 2.17. The van der Waals surface area contributed by atoms with Crippen molar-refractivity contribution in [1.29, 1.82) is 0 Å². The Labute approximate surface area is 210 Å². The minimum Gasteiger partial charge on any atom is -0.493 e. The van der Waals surface area contributed by atoms with Gasteiger partial charge in [-0.25, -0.2) is 4.79 Å². The molecule has 3 rings (SSSR count). The number of benzene rings is 2.